The third kappa shape index (κ3) is 4.74. The number of carbonyl (C=O) groups excluding carboxylic acids is 2. The number of pyridine rings is 1. The lowest BCUT2D eigenvalue weighted by atomic mass is 9.91. The molecule has 0 atom stereocenters. The van der Waals surface area contributed by atoms with E-state index >= 15 is 4.39 Å². The van der Waals surface area contributed by atoms with Gasteiger partial charge in [-0.15, -0.1) is 5.10 Å². The van der Waals surface area contributed by atoms with Gasteiger partial charge in [0, 0.05) is 54.6 Å². The first-order valence-electron chi connectivity index (χ1n) is 12.2. The standard InChI is InChI=1S/C27H27FN6O3/c1-3-17-6-8-29-15-22(17)20-13-19(25(28)26-21(20)14-23(31-26)27(36)37-2)18-5-4-10-33(16-18)24(35)7-11-34-12-9-30-32-34/h5-6,8-9,12-15,31H,3-4,7,10-11,16H2,1-2H3. The number of aromatic nitrogens is 5. The molecule has 10 heteroatoms. The van der Waals surface area contributed by atoms with Gasteiger partial charge in [0.2, 0.25) is 5.91 Å². The number of nitrogens with zero attached hydrogens (tertiary/aromatic N) is 5. The van der Waals surface area contributed by atoms with E-state index in [1.165, 1.54) is 7.11 Å². The Bertz CT molecular complexity index is 1490. The molecule has 0 saturated heterocycles. The molecule has 3 aromatic heterocycles. The fraction of sp³-hybridized carbons (Fsp3) is 0.296. The number of aryl methyl sites for hydroxylation is 2. The first kappa shape index (κ1) is 24.4. The number of carbonyl (C=O) groups is 2. The van der Waals surface area contributed by atoms with Crippen LogP contribution in [-0.4, -0.2) is 61.9 Å². The minimum absolute atomic E-state index is 0.0313. The summed E-state index contributed by atoms with van der Waals surface area (Å²) in [4.78, 5) is 34.2. The van der Waals surface area contributed by atoms with Crippen LogP contribution in [0, 0.1) is 5.82 Å². The van der Waals surface area contributed by atoms with Crippen LogP contribution in [0.25, 0.3) is 27.6 Å². The van der Waals surface area contributed by atoms with Crippen molar-refractivity contribution in [3.63, 3.8) is 0 Å². The molecule has 0 aliphatic carbocycles. The summed E-state index contributed by atoms with van der Waals surface area (Å²) in [5, 5.41) is 8.24. The average molecular weight is 503 g/mol. The van der Waals surface area contributed by atoms with E-state index in [9.17, 15) is 9.59 Å². The molecule has 1 aliphatic rings. The molecule has 4 heterocycles. The van der Waals surface area contributed by atoms with Gasteiger partial charge in [-0.25, -0.2) is 9.18 Å². The van der Waals surface area contributed by atoms with Crippen molar-refractivity contribution in [3.05, 3.63) is 71.7 Å². The van der Waals surface area contributed by atoms with E-state index in [0.717, 1.165) is 28.7 Å². The number of methoxy groups -OCH3 is 1. The highest BCUT2D eigenvalue weighted by Gasteiger charge is 2.25. The fourth-order valence-electron chi connectivity index (χ4n) is 4.78. The van der Waals surface area contributed by atoms with Gasteiger partial charge in [-0.3, -0.25) is 14.5 Å². The van der Waals surface area contributed by atoms with Crippen molar-refractivity contribution < 1.29 is 18.7 Å². The predicted octanol–water partition coefficient (Wildman–Crippen LogP) is 4.02. The monoisotopic (exact) mass is 502 g/mol. The average Bonchev–Trinajstić information content (AvgIpc) is 3.62. The summed E-state index contributed by atoms with van der Waals surface area (Å²) in [5.74, 6) is -1.08. The van der Waals surface area contributed by atoms with Crippen molar-refractivity contribution in [2.24, 2.45) is 0 Å². The molecule has 9 nitrogen and oxygen atoms in total. The molecule has 4 aromatic rings. The van der Waals surface area contributed by atoms with Gasteiger partial charge in [0.15, 0.2) is 5.82 Å². The Hall–Kier alpha value is -4.34. The van der Waals surface area contributed by atoms with Crippen molar-refractivity contribution >= 4 is 28.4 Å². The lowest BCUT2D eigenvalue weighted by Gasteiger charge is -2.28. The van der Waals surface area contributed by atoms with Gasteiger partial charge in [-0.2, -0.15) is 0 Å². The second-order valence-corrected chi connectivity index (χ2v) is 8.88. The number of benzene rings is 1. The molecular formula is C27H27FN6O3. The minimum Gasteiger partial charge on any atom is -0.464 e. The first-order chi connectivity index (χ1) is 18.0. The van der Waals surface area contributed by atoms with Gasteiger partial charge in [0.25, 0.3) is 0 Å². The van der Waals surface area contributed by atoms with Crippen molar-refractivity contribution in [2.75, 3.05) is 20.2 Å². The number of hydrogen-bond donors (Lipinski definition) is 1. The zero-order valence-corrected chi connectivity index (χ0v) is 20.7. The van der Waals surface area contributed by atoms with Crippen LogP contribution in [0.4, 0.5) is 4.39 Å². The van der Waals surface area contributed by atoms with E-state index in [-0.39, 0.29) is 30.1 Å². The number of ether oxygens (including phenoxy) is 1. The highest BCUT2D eigenvalue weighted by atomic mass is 19.1. The Kier molecular flexibility index (Phi) is 6.80. The second-order valence-electron chi connectivity index (χ2n) is 8.88. The molecule has 0 unspecified atom stereocenters. The summed E-state index contributed by atoms with van der Waals surface area (Å²) in [6, 6.07) is 5.36. The third-order valence-electron chi connectivity index (χ3n) is 6.72. The maximum Gasteiger partial charge on any atom is 0.354 e. The smallest absolute Gasteiger partial charge is 0.354 e. The summed E-state index contributed by atoms with van der Waals surface area (Å²) in [6.07, 6.45) is 10.4. The quantitative estimate of drug-likeness (QED) is 0.383. The van der Waals surface area contributed by atoms with Crippen molar-refractivity contribution in [2.45, 2.75) is 32.7 Å². The van der Waals surface area contributed by atoms with Crippen molar-refractivity contribution in [1.82, 2.24) is 29.9 Å². The summed E-state index contributed by atoms with van der Waals surface area (Å²) in [6.45, 7) is 3.33. The van der Waals surface area contributed by atoms with Crippen LogP contribution in [0.1, 0.15) is 41.4 Å². The third-order valence-corrected chi connectivity index (χ3v) is 6.72. The van der Waals surface area contributed by atoms with Gasteiger partial charge < -0.3 is 14.6 Å². The van der Waals surface area contributed by atoms with Gasteiger partial charge in [-0.1, -0.05) is 18.2 Å². The molecule has 190 valence electrons. The fourth-order valence-corrected chi connectivity index (χ4v) is 4.78. The van der Waals surface area contributed by atoms with Gasteiger partial charge >= 0.3 is 5.97 Å². The van der Waals surface area contributed by atoms with E-state index in [4.69, 9.17) is 4.74 Å². The highest BCUT2D eigenvalue weighted by molar-refractivity contribution is 6.03. The summed E-state index contributed by atoms with van der Waals surface area (Å²) in [7, 11) is 1.29. The molecule has 1 aromatic carbocycles. The number of fused-ring (bicyclic) bond motifs is 1. The zero-order valence-electron chi connectivity index (χ0n) is 20.7. The molecule has 1 amide bonds. The van der Waals surface area contributed by atoms with E-state index in [1.807, 2.05) is 19.1 Å². The number of amides is 1. The Morgan fingerprint density at radius 2 is 2.05 bits per heavy atom. The highest BCUT2D eigenvalue weighted by Crippen LogP contribution is 2.38. The number of nitrogens with one attached hydrogen (secondary N) is 1. The van der Waals surface area contributed by atoms with Crippen LogP contribution in [0.3, 0.4) is 0 Å². The summed E-state index contributed by atoms with van der Waals surface area (Å²) < 4.78 is 22.5. The molecule has 0 saturated carbocycles. The van der Waals surface area contributed by atoms with Gasteiger partial charge in [-0.05, 0) is 47.7 Å². The Morgan fingerprint density at radius 1 is 1.19 bits per heavy atom. The van der Waals surface area contributed by atoms with Crippen LogP contribution in [0.15, 0.2) is 49.1 Å². The topological polar surface area (TPSA) is 106 Å². The van der Waals surface area contributed by atoms with Crippen LogP contribution >= 0.6 is 0 Å². The van der Waals surface area contributed by atoms with Gasteiger partial charge in [0.05, 0.1) is 25.4 Å². The van der Waals surface area contributed by atoms with Crippen molar-refractivity contribution in [1.29, 1.82) is 0 Å². The van der Waals surface area contributed by atoms with Crippen molar-refractivity contribution in [3.8, 4) is 11.1 Å². The molecular weight excluding hydrogens is 475 g/mol. The Morgan fingerprint density at radius 3 is 2.81 bits per heavy atom. The number of H-pyrrole nitrogens is 1. The summed E-state index contributed by atoms with van der Waals surface area (Å²) >= 11 is 0. The minimum atomic E-state index is -0.578. The molecule has 1 aliphatic heterocycles. The van der Waals surface area contributed by atoms with Crippen LogP contribution < -0.4 is 0 Å². The molecule has 0 spiro atoms. The maximum atomic E-state index is 16.0. The lowest BCUT2D eigenvalue weighted by Crippen LogP contribution is -2.36. The summed E-state index contributed by atoms with van der Waals surface area (Å²) in [5.41, 5.74) is 4.17. The van der Waals surface area contributed by atoms with Crippen LogP contribution in [-0.2, 0) is 22.5 Å². The van der Waals surface area contributed by atoms with E-state index in [2.05, 4.69) is 20.3 Å². The SMILES string of the molecule is CCc1ccncc1-c1cc(C2=CCCN(C(=O)CCn3ccnn3)C2)c(F)c2[nH]c(C(=O)OC)cc12. The molecule has 37 heavy (non-hydrogen) atoms. The van der Waals surface area contributed by atoms with E-state index < -0.39 is 11.8 Å². The number of halogens is 1. The normalized spacial score (nSPS) is 13.6. The van der Waals surface area contributed by atoms with E-state index in [0.29, 0.717) is 30.5 Å². The molecule has 0 radical (unpaired) electrons. The van der Waals surface area contributed by atoms with Crippen LogP contribution in [0.2, 0.25) is 0 Å². The molecule has 0 bridgehead atoms. The van der Waals surface area contributed by atoms with Crippen LogP contribution in [0.5, 0.6) is 0 Å². The maximum absolute atomic E-state index is 16.0. The Balaban J connectivity index is 1.54. The number of rotatable bonds is 7. The van der Waals surface area contributed by atoms with Gasteiger partial charge in [0.1, 0.15) is 5.69 Å². The number of aromatic amines is 1. The number of hydrogen-bond acceptors (Lipinski definition) is 6. The molecule has 5 rings (SSSR count). The largest absolute Gasteiger partial charge is 0.464 e. The van der Waals surface area contributed by atoms with E-state index in [1.54, 1.807) is 46.5 Å². The molecule has 0 fully saturated rings. The zero-order chi connectivity index (χ0) is 25.9. The second kappa shape index (κ2) is 10.3. The molecule has 1 N–H and O–H groups in total. The lowest BCUT2D eigenvalue weighted by molar-refractivity contribution is -0.131. The first-order valence-corrected chi connectivity index (χ1v) is 12.2. The predicted molar refractivity (Wildman–Crippen MR) is 136 cm³/mol. The number of esters is 1. The Labute approximate surface area is 212 Å².